The lowest BCUT2D eigenvalue weighted by Crippen LogP contribution is -2.26. The molecule has 0 unspecified atom stereocenters. The zero-order valence-corrected chi connectivity index (χ0v) is 10.9. The summed E-state index contributed by atoms with van der Waals surface area (Å²) in [7, 11) is 0. The summed E-state index contributed by atoms with van der Waals surface area (Å²) in [4.78, 5) is 4.41. The number of hydrogen-bond donors (Lipinski definition) is 1. The minimum atomic E-state index is 0.0512. The zero-order valence-electron chi connectivity index (χ0n) is 10.9. The summed E-state index contributed by atoms with van der Waals surface area (Å²) in [5.74, 6) is 2.43. The number of aliphatic hydroxyl groups is 1. The molecular formula is C15H21NO2. The van der Waals surface area contributed by atoms with Gasteiger partial charge in [0.25, 0.3) is 0 Å². The highest BCUT2D eigenvalue weighted by atomic mass is 16.5. The van der Waals surface area contributed by atoms with Gasteiger partial charge in [-0.3, -0.25) is 0 Å². The van der Waals surface area contributed by atoms with Crippen molar-refractivity contribution in [2.24, 2.45) is 11.8 Å². The van der Waals surface area contributed by atoms with E-state index in [9.17, 15) is 5.11 Å². The standard InChI is InChI=1S/C15H21NO2/c1-10-4-13(9-17)8-15(16-10)18-14-6-11-2-3-12(5-11)7-14/h4,8,11-12,14,17H,2-3,5-7,9H2,1H3/t11-,12+,14-. The molecule has 0 saturated heterocycles. The van der Waals surface area contributed by atoms with Gasteiger partial charge in [0.2, 0.25) is 5.88 Å². The molecule has 0 spiro atoms. The third-order valence-corrected chi connectivity index (χ3v) is 4.30. The van der Waals surface area contributed by atoms with E-state index in [0.717, 1.165) is 23.1 Å². The largest absolute Gasteiger partial charge is 0.474 e. The Bertz CT molecular complexity index is 421. The van der Waals surface area contributed by atoms with Crippen LogP contribution in [0.15, 0.2) is 12.1 Å². The number of aryl methyl sites for hydroxylation is 1. The summed E-state index contributed by atoms with van der Waals surface area (Å²) < 4.78 is 6.04. The molecule has 0 amide bonds. The predicted octanol–water partition coefficient (Wildman–Crippen LogP) is 2.84. The van der Waals surface area contributed by atoms with Crippen LogP contribution in [-0.2, 0) is 6.61 Å². The number of hydrogen-bond acceptors (Lipinski definition) is 3. The van der Waals surface area contributed by atoms with Crippen molar-refractivity contribution >= 4 is 0 Å². The van der Waals surface area contributed by atoms with E-state index in [1.54, 1.807) is 0 Å². The minimum Gasteiger partial charge on any atom is -0.474 e. The van der Waals surface area contributed by atoms with Crippen LogP contribution in [0.25, 0.3) is 0 Å². The van der Waals surface area contributed by atoms with E-state index in [0.29, 0.717) is 12.0 Å². The van der Waals surface area contributed by atoms with Crippen LogP contribution in [-0.4, -0.2) is 16.2 Å². The van der Waals surface area contributed by atoms with Crippen molar-refractivity contribution in [3.63, 3.8) is 0 Å². The molecule has 3 nitrogen and oxygen atoms in total. The van der Waals surface area contributed by atoms with Crippen LogP contribution in [0.5, 0.6) is 5.88 Å². The number of nitrogens with zero attached hydrogens (tertiary/aromatic N) is 1. The maximum Gasteiger partial charge on any atom is 0.214 e. The first-order valence-corrected chi connectivity index (χ1v) is 6.98. The van der Waals surface area contributed by atoms with Gasteiger partial charge in [-0.05, 0) is 49.7 Å². The number of ether oxygens (including phenoxy) is 1. The van der Waals surface area contributed by atoms with Gasteiger partial charge >= 0.3 is 0 Å². The van der Waals surface area contributed by atoms with Gasteiger partial charge in [0.15, 0.2) is 0 Å². The fourth-order valence-electron chi connectivity index (χ4n) is 3.57. The zero-order chi connectivity index (χ0) is 12.5. The summed E-state index contributed by atoms with van der Waals surface area (Å²) in [5.41, 5.74) is 1.80. The van der Waals surface area contributed by atoms with Crippen molar-refractivity contribution in [3.8, 4) is 5.88 Å². The molecule has 3 atom stereocenters. The van der Waals surface area contributed by atoms with E-state index >= 15 is 0 Å². The fourth-order valence-corrected chi connectivity index (χ4v) is 3.57. The van der Waals surface area contributed by atoms with Gasteiger partial charge in [-0.25, -0.2) is 4.98 Å². The molecule has 18 heavy (non-hydrogen) atoms. The van der Waals surface area contributed by atoms with E-state index in [4.69, 9.17) is 4.74 Å². The van der Waals surface area contributed by atoms with Gasteiger partial charge in [0.1, 0.15) is 6.10 Å². The van der Waals surface area contributed by atoms with Crippen molar-refractivity contribution in [1.29, 1.82) is 0 Å². The molecule has 2 saturated carbocycles. The number of aromatic nitrogens is 1. The third kappa shape index (κ3) is 2.51. The average molecular weight is 247 g/mol. The van der Waals surface area contributed by atoms with Crippen LogP contribution in [0.2, 0.25) is 0 Å². The first kappa shape index (κ1) is 12.0. The molecule has 1 N–H and O–H groups in total. The smallest absolute Gasteiger partial charge is 0.214 e. The quantitative estimate of drug-likeness (QED) is 0.893. The molecule has 1 heterocycles. The molecule has 2 fully saturated rings. The maximum absolute atomic E-state index is 9.20. The van der Waals surface area contributed by atoms with Crippen molar-refractivity contribution in [2.45, 2.75) is 51.7 Å². The second-order valence-corrected chi connectivity index (χ2v) is 5.87. The van der Waals surface area contributed by atoms with Gasteiger partial charge in [-0.1, -0.05) is 12.8 Å². The second-order valence-electron chi connectivity index (χ2n) is 5.87. The Morgan fingerprint density at radius 3 is 2.61 bits per heavy atom. The summed E-state index contributed by atoms with van der Waals surface area (Å²) in [6.45, 7) is 1.99. The highest BCUT2D eigenvalue weighted by Crippen LogP contribution is 2.42. The second kappa shape index (κ2) is 4.88. The molecule has 3 rings (SSSR count). The number of fused-ring (bicyclic) bond motifs is 2. The summed E-state index contributed by atoms with van der Waals surface area (Å²) in [5, 5.41) is 9.20. The Morgan fingerprint density at radius 2 is 1.94 bits per heavy atom. The number of rotatable bonds is 3. The lowest BCUT2D eigenvalue weighted by molar-refractivity contribution is 0.113. The Morgan fingerprint density at radius 1 is 1.22 bits per heavy atom. The summed E-state index contributed by atoms with van der Waals surface area (Å²) in [6, 6.07) is 3.76. The van der Waals surface area contributed by atoms with E-state index in [1.165, 1.54) is 32.1 Å². The van der Waals surface area contributed by atoms with E-state index in [-0.39, 0.29) is 6.61 Å². The van der Waals surface area contributed by atoms with Gasteiger partial charge in [0.05, 0.1) is 6.61 Å². The molecular weight excluding hydrogens is 226 g/mol. The van der Waals surface area contributed by atoms with Crippen LogP contribution in [0, 0.1) is 18.8 Å². The highest BCUT2D eigenvalue weighted by molar-refractivity contribution is 5.24. The molecule has 1 aromatic rings. The molecule has 98 valence electrons. The highest BCUT2D eigenvalue weighted by Gasteiger charge is 2.35. The lowest BCUT2D eigenvalue weighted by atomic mass is 9.87. The monoisotopic (exact) mass is 247 g/mol. The van der Waals surface area contributed by atoms with Crippen LogP contribution in [0.3, 0.4) is 0 Å². The van der Waals surface area contributed by atoms with Crippen LogP contribution in [0.1, 0.15) is 43.4 Å². The molecule has 3 heteroatoms. The van der Waals surface area contributed by atoms with E-state index in [1.807, 2.05) is 19.1 Å². The normalized spacial score (nSPS) is 30.4. The average Bonchev–Trinajstić information content (AvgIpc) is 2.68. The van der Waals surface area contributed by atoms with Crippen molar-refractivity contribution in [3.05, 3.63) is 23.4 Å². The molecule has 2 aliphatic carbocycles. The lowest BCUT2D eigenvalue weighted by Gasteiger charge is -2.28. The predicted molar refractivity (Wildman–Crippen MR) is 69.4 cm³/mol. The first-order chi connectivity index (χ1) is 8.72. The van der Waals surface area contributed by atoms with Crippen molar-refractivity contribution < 1.29 is 9.84 Å². The molecule has 0 aliphatic heterocycles. The van der Waals surface area contributed by atoms with Crippen LogP contribution in [0.4, 0.5) is 0 Å². The van der Waals surface area contributed by atoms with E-state index < -0.39 is 0 Å². The van der Waals surface area contributed by atoms with Gasteiger partial charge in [0, 0.05) is 11.8 Å². The maximum atomic E-state index is 9.20. The molecule has 1 aromatic heterocycles. The molecule has 0 radical (unpaired) electrons. The molecule has 0 aromatic carbocycles. The SMILES string of the molecule is Cc1cc(CO)cc(O[C@@H]2C[C@@H]3CC[C@@H](C3)C2)n1. The summed E-state index contributed by atoms with van der Waals surface area (Å²) >= 11 is 0. The van der Waals surface area contributed by atoms with Crippen molar-refractivity contribution in [2.75, 3.05) is 0 Å². The Hall–Kier alpha value is -1.09. The summed E-state index contributed by atoms with van der Waals surface area (Å²) in [6.07, 6.45) is 6.86. The number of pyridine rings is 1. The van der Waals surface area contributed by atoms with E-state index in [2.05, 4.69) is 4.98 Å². The van der Waals surface area contributed by atoms with Crippen molar-refractivity contribution in [1.82, 2.24) is 4.98 Å². The molecule has 2 bridgehead atoms. The van der Waals surface area contributed by atoms with Crippen LogP contribution >= 0.6 is 0 Å². The minimum absolute atomic E-state index is 0.0512. The topological polar surface area (TPSA) is 42.4 Å². The fraction of sp³-hybridized carbons (Fsp3) is 0.667. The van der Waals surface area contributed by atoms with Gasteiger partial charge in [-0.2, -0.15) is 0 Å². The molecule has 2 aliphatic rings. The van der Waals surface area contributed by atoms with Gasteiger partial charge < -0.3 is 9.84 Å². The first-order valence-electron chi connectivity index (χ1n) is 6.98. The van der Waals surface area contributed by atoms with Gasteiger partial charge in [-0.15, -0.1) is 0 Å². The Labute approximate surface area is 108 Å². The third-order valence-electron chi connectivity index (χ3n) is 4.30. The Balaban J connectivity index is 1.70. The number of aliphatic hydroxyl groups excluding tert-OH is 1. The van der Waals surface area contributed by atoms with Crippen LogP contribution < -0.4 is 4.74 Å². The Kier molecular flexibility index (Phi) is 3.25.